The molecule has 272 valence electrons. The molecule has 2 unspecified atom stereocenters. The van der Waals surface area contributed by atoms with Crippen LogP contribution >= 0.6 is 23.2 Å². The first-order valence-electron chi connectivity index (χ1n) is 16.6. The van der Waals surface area contributed by atoms with Crippen molar-refractivity contribution in [3.05, 3.63) is 96.7 Å². The van der Waals surface area contributed by atoms with Gasteiger partial charge in [0.05, 0.1) is 40.0 Å². The number of likely N-dealkylation sites (tertiary alicyclic amines) is 1. The summed E-state index contributed by atoms with van der Waals surface area (Å²) in [6.45, 7) is 6.01. The number of anilines is 2. The molecule has 7 rings (SSSR count). The van der Waals surface area contributed by atoms with Crippen LogP contribution < -0.4 is 21.3 Å². The second kappa shape index (κ2) is 14.6. The number of rotatable bonds is 9. The van der Waals surface area contributed by atoms with E-state index in [-0.39, 0.29) is 45.2 Å². The normalized spacial score (nSPS) is 17.8. The third-order valence-electron chi connectivity index (χ3n) is 9.59. The number of methoxy groups -OCH3 is 1. The van der Waals surface area contributed by atoms with Gasteiger partial charge in [-0.05, 0) is 30.0 Å². The molecule has 52 heavy (non-hydrogen) atoms. The maximum Gasteiger partial charge on any atom is 0.330 e. The lowest BCUT2D eigenvalue weighted by Gasteiger charge is -2.20. The van der Waals surface area contributed by atoms with Crippen molar-refractivity contribution in [2.75, 3.05) is 25.5 Å². The minimum absolute atomic E-state index is 0.00765. The van der Waals surface area contributed by atoms with Crippen molar-refractivity contribution >= 4 is 51.6 Å². The minimum atomic E-state index is -2.97. The zero-order valence-electron chi connectivity index (χ0n) is 29.0. The Bertz CT molecular complexity index is 2320. The van der Waals surface area contributed by atoms with Crippen molar-refractivity contribution in [1.82, 2.24) is 24.0 Å². The molecule has 1 aliphatic carbocycles. The van der Waals surface area contributed by atoms with Crippen LogP contribution in [-0.4, -0.2) is 55.3 Å². The van der Waals surface area contributed by atoms with E-state index in [4.69, 9.17) is 32.9 Å². The zero-order chi connectivity index (χ0) is 37.6. The summed E-state index contributed by atoms with van der Waals surface area (Å²) in [6, 6.07) is 15.2. The summed E-state index contributed by atoms with van der Waals surface area (Å²) in [5.41, 5.74) is 1.35. The Balaban J connectivity index is 0.00000228. The molecule has 0 bridgehead atoms. The fourth-order valence-corrected chi connectivity index (χ4v) is 7.58. The van der Waals surface area contributed by atoms with E-state index in [1.807, 2.05) is 32.0 Å². The van der Waals surface area contributed by atoms with Crippen LogP contribution in [0.2, 0.25) is 10.0 Å². The third kappa shape index (κ3) is 6.52. The molecule has 2 fully saturated rings. The number of nitrogens with one attached hydrogen (secondary N) is 1. The zero-order valence-corrected chi connectivity index (χ0v) is 30.5. The van der Waals surface area contributed by atoms with Gasteiger partial charge in [0, 0.05) is 56.0 Å². The van der Waals surface area contributed by atoms with Gasteiger partial charge in [-0.2, -0.15) is 0 Å². The summed E-state index contributed by atoms with van der Waals surface area (Å²) in [7, 11) is 4.22. The summed E-state index contributed by atoms with van der Waals surface area (Å²) < 4.78 is 35.4. The van der Waals surface area contributed by atoms with Gasteiger partial charge in [0.15, 0.2) is 0 Å². The van der Waals surface area contributed by atoms with E-state index < -0.39 is 29.3 Å². The fraction of sp³-hybridized carbons (Fsp3) is 0.324. The van der Waals surface area contributed by atoms with Crippen molar-refractivity contribution in [2.45, 2.75) is 26.8 Å². The van der Waals surface area contributed by atoms with Gasteiger partial charge in [0.25, 0.3) is 12.0 Å². The molecule has 2 aromatic carbocycles. The number of carbonyl (C=O) groups is 1. The summed E-state index contributed by atoms with van der Waals surface area (Å²) >= 11 is 13.9. The number of hydrogen-bond donors (Lipinski definition) is 2. The van der Waals surface area contributed by atoms with E-state index in [2.05, 4.69) is 15.2 Å². The summed E-state index contributed by atoms with van der Waals surface area (Å²) in [5, 5.41) is 12.8. The first-order valence-corrected chi connectivity index (χ1v) is 17.4. The monoisotopic (exact) mass is 752 g/mol. The van der Waals surface area contributed by atoms with Gasteiger partial charge >= 0.3 is 11.7 Å². The number of benzene rings is 2. The average molecular weight is 754 g/mol. The van der Waals surface area contributed by atoms with Crippen LogP contribution in [0.5, 0.6) is 5.88 Å². The van der Waals surface area contributed by atoms with Crippen LogP contribution in [-0.2, 0) is 25.4 Å². The lowest BCUT2D eigenvalue weighted by molar-refractivity contribution is -0.139. The number of carboxylic acid groups (broad SMARTS) is 1. The molecule has 11 nitrogen and oxygen atoms in total. The minimum Gasteiger partial charge on any atom is -0.481 e. The molecule has 0 spiro atoms. The standard InChI is InChI=1S/C35H30Cl2F2N6O5.C2H6/c1-43-25-12-24(30(38)39)41-31(27(25)33(46)44(2)35(43)49)40-23-9-5-7-18(29(23)37)17-6-4-8-19(28(17)36)22-11-10-16(32(42-22)50-3)13-45-14-20-21(15-45)26(20)34(47)48;1-2/h4-12,20-21,26,30H,13-15H2,1-3H3,(H,40,41)(H,47,48);1-2H3. The van der Waals surface area contributed by atoms with Crippen LogP contribution in [0.1, 0.15) is 31.5 Å². The molecular formula is C37H36Cl2F2N6O5. The SMILES string of the molecule is CC.COc1nc(-c2cccc(-c3cccc(Nc4nc(C(F)F)cc5c4c(=O)n(C)c(=O)n5C)c3Cl)c2Cl)ccc1CN1CC2C(C1)C2C(=O)O. The van der Waals surface area contributed by atoms with E-state index in [1.165, 1.54) is 21.2 Å². The van der Waals surface area contributed by atoms with Crippen LogP contribution in [0.3, 0.4) is 0 Å². The second-order valence-electron chi connectivity index (χ2n) is 12.5. The molecule has 2 atom stereocenters. The van der Waals surface area contributed by atoms with E-state index in [1.54, 1.807) is 30.3 Å². The number of piperidine rings is 1. The van der Waals surface area contributed by atoms with Gasteiger partial charge in [0.2, 0.25) is 5.88 Å². The molecule has 1 aliphatic heterocycles. The Kier molecular flexibility index (Phi) is 10.4. The number of hydrogen-bond acceptors (Lipinski definition) is 8. The Labute approximate surface area is 307 Å². The topological polar surface area (TPSA) is 132 Å². The van der Waals surface area contributed by atoms with E-state index in [0.717, 1.165) is 33.9 Å². The number of fused-ring (bicyclic) bond motifs is 2. The number of carboxylic acids is 1. The Morgan fingerprint density at radius 2 is 1.60 bits per heavy atom. The third-order valence-corrected chi connectivity index (χ3v) is 10.4. The second-order valence-corrected chi connectivity index (χ2v) is 13.3. The molecule has 1 saturated heterocycles. The predicted octanol–water partition coefficient (Wildman–Crippen LogP) is 7.15. The van der Waals surface area contributed by atoms with Crippen LogP contribution in [0.4, 0.5) is 20.3 Å². The molecule has 2 aliphatic rings. The van der Waals surface area contributed by atoms with Gasteiger partial charge in [-0.1, -0.05) is 73.4 Å². The number of ether oxygens (including phenoxy) is 1. The quantitative estimate of drug-likeness (QED) is 0.161. The van der Waals surface area contributed by atoms with Crippen molar-refractivity contribution in [3.63, 3.8) is 0 Å². The Hall–Kier alpha value is -4.85. The molecule has 3 aromatic heterocycles. The van der Waals surface area contributed by atoms with Gasteiger partial charge in [-0.3, -0.25) is 23.6 Å². The van der Waals surface area contributed by atoms with E-state index >= 15 is 0 Å². The number of alkyl halides is 2. The number of halogens is 4. The molecule has 2 N–H and O–H groups in total. The first kappa shape index (κ1) is 36.9. The van der Waals surface area contributed by atoms with Crippen LogP contribution in [0, 0.1) is 17.8 Å². The van der Waals surface area contributed by atoms with Gasteiger partial charge < -0.3 is 15.2 Å². The average Bonchev–Trinajstić information content (AvgIpc) is 3.66. The van der Waals surface area contributed by atoms with Crippen molar-refractivity contribution < 1.29 is 23.4 Å². The number of aryl methyl sites for hydroxylation is 1. The maximum atomic E-state index is 13.9. The number of nitrogens with zero attached hydrogens (tertiary/aromatic N) is 5. The fourth-order valence-electron chi connectivity index (χ4n) is 6.98. The first-order chi connectivity index (χ1) is 24.9. The summed E-state index contributed by atoms with van der Waals surface area (Å²) in [5.74, 6) is -0.345. The van der Waals surface area contributed by atoms with Crippen molar-refractivity contribution in [2.24, 2.45) is 31.8 Å². The number of aliphatic carboxylic acids is 1. The molecule has 15 heteroatoms. The largest absolute Gasteiger partial charge is 0.481 e. The van der Waals surface area contributed by atoms with Crippen molar-refractivity contribution in [1.29, 1.82) is 0 Å². The van der Waals surface area contributed by atoms with Crippen LogP contribution in [0.15, 0.2) is 64.2 Å². The number of pyridine rings is 2. The van der Waals surface area contributed by atoms with Gasteiger partial charge in [0.1, 0.15) is 16.9 Å². The van der Waals surface area contributed by atoms with E-state index in [9.17, 15) is 28.3 Å². The van der Waals surface area contributed by atoms with Crippen molar-refractivity contribution in [3.8, 4) is 28.3 Å². The highest BCUT2D eigenvalue weighted by atomic mass is 35.5. The Morgan fingerprint density at radius 3 is 2.23 bits per heavy atom. The molecule has 1 saturated carbocycles. The highest BCUT2D eigenvalue weighted by molar-refractivity contribution is 6.39. The molecule has 0 radical (unpaired) electrons. The van der Waals surface area contributed by atoms with E-state index in [0.29, 0.717) is 39.8 Å². The summed E-state index contributed by atoms with van der Waals surface area (Å²) in [4.78, 5) is 48.1. The summed E-state index contributed by atoms with van der Waals surface area (Å²) in [6.07, 6.45) is -2.97. The maximum absolute atomic E-state index is 13.9. The Morgan fingerprint density at radius 1 is 0.962 bits per heavy atom. The smallest absolute Gasteiger partial charge is 0.330 e. The van der Waals surface area contributed by atoms with Gasteiger partial charge in [-0.25, -0.2) is 23.5 Å². The predicted molar refractivity (Wildman–Crippen MR) is 197 cm³/mol. The molecule has 5 aromatic rings. The van der Waals surface area contributed by atoms with Crippen LogP contribution in [0.25, 0.3) is 33.3 Å². The lowest BCUT2D eigenvalue weighted by atomic mass is 10.00. The highest BCUT2D eigenvalue weighted by Crippen LogP contribution is 2.52. The molecular weight excluding hydrogens is 717 g/mol. The molecule has 0 amide bonds. The number of aromatic nitrogens is 4. The van der Waals surface area contributed by atoms with Gasteiger partial charge in [-0.15, -0.1) is 0 Å². The molecule has 4 heterocycles. The highest BCUT2D eigenvalue weighted by Gasteiger charge is 2.59. The lowest BCUT2D eigenvalue weighted by Crippen LogP contribution is -2.37.